The van der Waals surface area contributed by atoms with Crippen molar-refractivity contribution in [3.63, 3.8) is 0 Å². The van der Waals surface area contributed by atoms with Gasteiger partial charge in [-0.3, -0.25) is 19.3 Å². The lowest BCUT2D eigenvalue weighted by Crippen LogP contribution is -2.40. The highest BCUT2D eigenvalue weighted by Gasteiger charge is 2.33. The van der Waals surface area contributed by atoms with Gasteiger partial charge in [0, 0.05) is 31.7 Å². The van der Waals surface area contributed by atoms with Gasteiger partial charge >= 0.3 is 0 Å². The Labute approximate surface area is 145 Å². The van der Waals surface area contributed by atoms with Gasteiger partial charge in [0.25, 0.3) is 11.8 Å². The molecule has 0 atom stereocenters. The molecule has 0 saturated carbocycles. The zero-order valence-corrected chi connectivity index (χ0v) is 14.8. The van der Waals surface area contributed by atoms with E-state index in [1.165, 1.54) is 23.5 Å². The number of hydrogen-bond acceptors (Lipinski definition) is 5. The molecule has 1 aromatic carbocycles. The number of nitrogens with one attached hydrogen (secondary N) is 1. The topological polar surface area (TPSA) is 104 Å². The van der Waals surface area contributed by atoms with Crippen molar-refractivity contribution in [1.82, 2.24) is 9.21 Å². The van der Waals surface area contributed by atoms with E-state index in [-0.39, 0.29) is 23.3 Å². The first-order valence-corrected chi connectivity index (χ1v) is 9.75. The number of hydrogen-bond donors (Lipinski definition) is 1. The highest BCUT2D eigenvalue weighted by Crippen LogP contribution is 2.26. The molecule has 1 N–H and O–H groups in total. The van der Waals surface area contributed by atoms with Gasteiger partial charge in [0.1, 0.15) is 0 Å². The van der Waals surface area contributed by atoms with E-state index < -0.39 is 15.9 Å². The molecular formula is C16H19N3O5S. The van der Waals surface area contributed by atoms with Crippen LogP contribution in [-0.2, 0) is 14.8 Å². The van der Waals surface area contributed by atoms with Gasteiger partial charge in [0.05, 0.1) is 17.4 Å². The average Bonchev–Trinajstić information content (AvgIpc) is 2.78. The summed E-state index contributed by atoms with van der Waals surface area (Å²) in [4.78, 5) is 37.3. The Hall–Kier alpha value is -2.26. The largest absolute Gasteiger partial charge is 0.326 e. The van der Waals surface area contributed by atoms with Crippen LogP contribution in [0.1, 0.15) is 33.6 Å². The summed E-state index contributed by atoms with van der Waals surface area (Å²) in [6, 6.07) is 4.62. The average molecular weight is 365 g/mol. The third-order valence-electron chi connectivity index (χ3n) is 4.65. The lowest BCUT2D eigenvalue weighted by atomic mass is 9.97. The van der Waals surface area contributed by atoms with E-state index in [4.69, 9.17) is 0 Å². The number of carbonyl (C=O) groups is 3. The van der Waals surface area contributed by atoms with E-state index in [0.29, 0.717) is 37.2 Å². The molecule has 2 aliphatic rings. The number of carbonyl (C=O) groups excluding carboxylic acids is 3. The van der Waals surface area contributed by atoms with E-state index in [9.17, 15) is 22.8 Å². The number of fused-ring (bicyclic) bond motifs is 1. The van der Waals surface area contributed by atoms with E-state index in [2.05, 4.69) is 5.32 Å². The summed E-state index contributed by atoms with van der Waals surface area (Å²) < 4.78 is 24.4. The Morgan fingerprint density at radius 2 is 1.72 bits per heavy atom. The van der Waals surface area contributed by atoms with E-state index >= 15 is 0 Å². The second-order valence-electron chi connectivity index (χ2n) is 6.36. The summed E-state index contributed by atoms with van der Waals surface area (Å²) in [5, 5.41) is 2.76. The van der Waals surface area contributed by atoms with E-state index in [0.717, 1.165) is 11.2 Å². The van der Waals surface area contributed by atoms with Crippen LogP contribution in [0.5, 0.6) is 0 Å². The van der Waals surface area contributed by atoms with Crippen LogP contribution in [0.4, 0.5) is 5.69 Å². The normalized spacial score (nSPS) is 19.2. The smallest absolute Gasteiger partial charge is 0.261 e. The summed E-state index contributed by atoms with van der Waals surface area (Å²) in [7, 11) is -1.81. The molecular weight excluding hydrogens is 346 g/mol. The standard InChI is InChI=1S/C16H19N3O5S/c1-18-15(21)12-4-3-11(9-13(12)16(18)22)17-14(20)10-5-7-19(8-6-10)25(2,23)24/h3-4,9-10H,5-8H2,1-2H3,(H,17,20). The second kappa shape index (κ2) is 6.23. The zero-order valence-electron chi connectivity index (χ0n) is 14.0. The molecule has 3 amide bonds. The Bertz CT molecular complexity index is 857. The van der Waals surface area contributed by atoms with Gasteiger partial charge in [0.15, 0.2) is 0 Å². The van der Waals surface area contributed by atoms with Gasteiger partial charge in [-0.25, -0.2) is 12.7 Å². The van der Waals surface area contributed by atoms with Crippen LogP contribution in [0.3, 0.4) is 0 Å². The predicted molar refractivity (Wildman–Crippen MR) is 90.6 cm³/mol. The molecule has 25 heavy (non-hydrogen) atoms. The van der Waals surface area contributed by atoms with E-state index in [1.54, 1.807) is 6.07 Å². The van der Waals surface area contributed by atoms with Crippen molar-refractivity contribution < 1.29 is 22.8 Å². The van der Waals surface area contributed by atoms with Gasteiger partial charge in [-0.2, -0.15) is 0 Å². The number of piperidine rings is 1. The highest BCUT2D eigenvalue weighted by molar-refractivity contribution is 7.88. The molecule has 3 rings (SSSR count). The maximum Gasteiger partial charge on any atom is 0.261 e. The van der Waals surface area contributed by atoms with Crippen LogP contribution in [0.15, 0.2) is 18.2 Å². The van der Waals surface area contributed by atoms with Crippen molar-refractivity contribution in [3.05, 3.63) is 29.3 Å². The number of anilines is 1. The maximum atomic E-state index is 12.4. The Morgan fingerprint density at radius 1 is 1.12 bits per heavy atom. The first kappa shape index (κ1) is 17.6. The monoisotopic (exact) mass is 365 g/mol. The minimum Gasteiger partial charge on any atom is -0.326 e. The Morgan fingerprint density at radius 3 is 2.32 bits per heavy atom. The summed E-state index contributed by atoms with van der Waals surface area (Å²) in [5.41, 5.74) is 1.05. The number of sulfonamides is 1. The van der Waals surface area contributed by atoms with Crippen molar-refractivity contribution in [2.45, 2.75) is 12.8 Å². The van der Waals surface area contributed by atoms with Crippen molar-refractivity contribution in [3.8, 4) is 0 Å². The van der Waals surface area contributed by atoms with Crippen LogP contribution in [0.2, 0.25) is 0 Å². The molecule has 0 spiro atoms. The SMILES string of the molecule is CN1C(=O)c2ccc(NC(=O)C3CCN(S(C)(=O)=O)CC3)cc2C1=O. The molecule has 1 fully saturated rings. The molecule has 8 nitrogen and oxygen atoms in total. The first-order valence-electron chi connectivity index (χ1n) is 7.91. The molecule has 0 unspecified atom stereocenters. The fraction of sp³-hybridized carbons (Fsp3) is 0.438. The molecule has 9 heteroatoms. The lowest BCUT2D eigenvalue weighted by molar-refractivity contribution is -0.120. The molecule has 1 aromatic rings. The molecule has 0 radical (unpaired) electrons. The Balaban J connectivity index is 1.67. The molecule has 1 saturated heterocycles. The first-order chi connectivity index (χ1) is 11.7. The number of rotatable bonds is 3. The quantitative estimate of drug-likeness (QED) is 0.787. The number of nitrogens with zero attached hydrogens (tertiary/aromatic N) is 2. The van der Waals surface area contributed by atoms with Gasteiger partial charge < -0.3 is 5.32 Å². The van der Waals surface area contributed by atoms with Crippen LogP contribution < -0.4 is 5.32 Å². The zero-order chi connectivity index (χ0) is 18.4. The van der Waals surface area contributed by atoms with E-state index in [1.807, 2.05) is 0 Å². The van der Waals surface area contributed by atoms with Gasteiger partial charge in [-0.15, -0.1) is 0 Å². The number of imide groups is 1. The molecule has 2 heterocycles. The fourth-order valence-corrected chi connectivity index (χ4v) is 4.01. The summed E-state index contributed by atoms with van der Waals surface area (Å²) >= 11 is 0. The Kier molecular flexibility index (Phi) is 4.38. The van der Waals surface area contributed by atoms with Gasteiger partial charge in [-0.1, -0.05) is 0 Å². The van der Waals surface area contributed by atoms with Crippen LogP contribution in [0.25, 0.3) is 0 Å². The van der Waals surface area contributed by atoms with Crippen LogP contribution in [-0.4, -0.2) is 61.7 Å². The van der Waals surface area contributed by atoms with Crippen molar-refractivity contribution in [1.29, 1.82) is 0 Å². The number of benzene rings is 1. The van der Waals surface area contributed by atoms with Crippen molar-refractivity contribution >= 4 is 33.4 Å². The molecule has 134 valence electrons. The minimum atomic E-state index is -3.23. The minimum absolute atomic E-state index is 0.210. The molecule has 0 aromatic heterocycles. The van der Waals surface area contributed by atoms with Crippen molar-refractivity contribution in [2.75, 3.05) is 31.7 Å². The summed E-state index contributed by atoms with van der Waals surface area (Å²) in [6.45, 7) is 0.637. The number of amides is 3. The molecule has 2 aliphatic heterocycles. The molecule has 0 bridgehead atoms. The van der Waals surface area contributed by atoms with Crippen LogP contribution in [0, 0.1) is 5.92 Å². The van der Waals surface area contributed by atoms with Crippen molar-refractivity contribution in [2.24, 2.45) is 5.92 Å². The third kappa shape index (κ3) is 3.29. The predicted octanol–water partition coefficient (Wildman–Crippen LogP) is 0.522. The highest BCUT2D eigenvalue weighted by atomic mass is 32.2. The second-order valence-corrected chi connectivity index (χ2v) is 8.34. The fourth-order valence-electron chi connectivity index (χ4n) is 3.13. The molecule has 0 aliphatic carbocycles. The van der Waals surface area contributed by atoms with Gasteiger partial charge in [-0.05, 0) is 31.0 Å². The lowest BCUT2D eigenvalue weighted by Gasteiger charge is -2.29. The summed E-state index contributed by atoms with van der Waals surface area (Å²) in [5.74, 6) is -1.24. The van der Waals surface area contributed by atoms with Crippen LogP contribution >= 0.6 is 0 Å². The van der Waals surface area contributed by atoms with Gasteiger partial charge in [0.2, 0.25) is 15.9 Å². The maximum absolute atomic E-state index is 12.4. The third-order valence-corrected chi connectivity index (χ3v) is 5.95. The summed E-state index contributed by atoms with van der Waals surface area (Å²) in [6.07, 6.45) is 2.06.